The van der Waals surface area contributed by atoms with E-state index in [-0.39, 0.29) is 11.7 Å². The van der Waals surface area contributed by atoms with Crippen LogP contribution in [0.1, 0.15) is 20.8 Å². The standard InChI is InChI=1S/C15H20ClNO/c1-10(2)11(3)14(15(18)12(4)16)13-8-6-7-9-17(13)5/h6-10,12H,3H2,1-2,4-5H3/b14-13+. The van der Waals surface area contributed by atoms with Crippen molar-refractivity contribution < 1.29 is 4.79 Å². The Morgan fingerprint density at radius 1 is 1.33 bits per heavy atom. The summed E-state index contributed by atoms with van der Waals surface area (Å²) in [6.07, 6.45) is 7.66. The molecule has 3 heteroatoms. The van der Waals surface area contributed by atoms with Crippen LogP contribution in [0.2, 0.25) is 0 Å². The van der Waals surface area contributed by atoms with E-state index in [9.17, 15) is 4.79 Å². The van der Waals surface area contributed by atoms with Crippen molar-refractivity contribution in [3.63, 3.8) is 0 Å². The summed E-state index contributed by atoms with van der Waals surface area (Å²) >= 11 is 5.95. The Labute approximate surface area is 114 Å². The minimum atomic E-state index is -0.546. The van der Waals surface area contributed by atoms with Gasteiger partial charge in [0.15, 0.2) is 5.78 Å². The van der Waals surface area contributed by atoms with E-state index in [1.54, 1.807) is 6.92 Å². The third-order valence-corrected chi connectivity index (χ3v) is 3.13. The van der Waals surface area contributed by atoms with Crippen LogP contribution >= 0.6 is 11.6 Å². The number of nitrogens with zero attached hydrogens (tertiary/aromatic N) is 1. The van der Waals surface area contributed by atoms with Gasteiger partial charge >= 0.3 is 0 Å². The summed E-state index contributed by atoms with van der Waals surface area (Å²) in [7, 11) is 1.91. The van der Waals surface area contributed by atoms with Crippen molar-refractivity contribution in [2.75, 3.05) is 7.05 Å². The number of allylic oxidation sites excluding steroid dienone is 5. The topological polar surface area (TPSA) is 20.3 Å². The summed E-state index contributed by atoms with van der Waals surface area (Å²) in [5.74, 6) is 0.136. The lowest BCUT2D eigenvalue weighted by Crippen LogP contribution is -2.23. The van der Waals surface area contributed by atoms with Gasteiger partial charge in [0.25, 0.3) is 0 Å². The molecule has 18 heavy (non-hydrogen) atoms. The van der Waals surface area contributed by atoms with Crippen molar-refractivity contribution in [2.45, 2.75) is 26.1 Å². The Morgan fingerprint density at radius 3 is 2.39 bits per heavy atom. The lowest BCUT2D eigenvalue weighted by Gasteiger charge is -2.25. The molecule has 0 N–H and O–H groups in total. The largest absolute Gasteiger partial charge is 0.350 e. The molecule has 0 radical (unpaired) electrons. The lowest BCUT2D eigenvalue weighted by molar-refractivity contribution is -0.114. The molecule has 0 aromatic heterocycles. The fraction of sp³-hybridized carbons (Fsp3) is 0.400. The Hall–Kier alpha value is -1.28. The Bertz CT molecular complexity index is 419. The van der Waals surface area contributed by atoms with Crippen LogP contribution in [0.25, 0.3) is 0 Å². The third-order valence-electron chi connectivity index (χ3n) is 2.94. The molecule has 1 aliphatic rings. The molecule has 1 rings (SSSR count). The highest BCUT2D eigenvalue weighted by Gasteiger charge is 2.24. The second kappa shape index (κ2) is 6.05. The molecule has 0 amide bonds. The van der Waals surface area contributed by atoms with Gasteiger partial charge in [-0.3, -0.25) is 4.79 Å². The highest BCUT2D eigenvalue weighted by atomic mass is 35.5. The quantitative estimate of drug-likeness (QED) is 0.571. The predicted octanol–water partition coefficient (Wildman–Crippen LogP) is 3.66. The van der Waals surface area contributed by atoms with Gasteiger partial charge in [0.05, 0.1) is 11.1 Å². The molecule has 0 aromatic rings. The van der Waals surface area contributed by atoms with E-state index in [1.165, 1.54) is 0 Å². The first-order chi connectivity index (χ1) is 8.36. The molecule has 0 aromatic carbocycles. The van der Waals surface area contributed by atoms with E-state index in [1.807, 2.05) is 50.2 Å². The van der Waals surface area contributed by atoms with Crippen LogP contribution in [-0.2, 0) is 4.79 Å². The van der Waals surface area contributed by atoms with Gasteiger partial charge < -0.3 is 4.90 Å². The number of hydrogen-bond donors (Lipinski definition) is 0. The summed E-state index contributed by atoms with van der Waals surface area (Å²) in [5.41, 5.74) is 2.32. The number of ketones is 1. The van der Waals surface area contributed by atoms with Gasteiger partial charge in [-0.05, 0) is 30.6 Å². The van der Waals surface area contributed by atoms with Crippen LogP contribution < -0.4 is 0 Å². The second-order valence-corrected chi connectivity index (χ2v) is 5.39. The van der Waals surface area contributed by atoms with Crippen molar-refractivity contribution in [2.24, 2.45) is 5.92 Å². The van der Waals surface area contributed by atoms with Crippen LogP contribution in [0, 0.1) is 5.92 Å². The summed E-state index contributed by atoms with van der Waals surface area (Å²) in [6, 6.07) is 0. The van der Waals surface area contributed by atoms with Crippen LogP contribution in [0.3, 0.4) is 0 Å². The van der Waals surface area contributed by atoms with Gasteiger partial charge in [-0.1, -0.05) is 26.5 Å². The number of carbonyl (C=O) groups excluding carboxylic acids is 1. The number of carbonyl (C=O) groups is 1. The average molecular weight is 266 g/mol. The van der Waals surface area contributed by atoms with E-state index >= 15 is 0 Å². The molecule has 98 valence electrons. The van der Waals surface area contributed by atoms with Crippen LogP contribution in [0.5, 0.6) is 0 Å². The number of rotatable bonds is 4. The van der Waals surface area contributed by atoms with Gasteiger partial charge in [0.2, 0.25) is 0 Å². The first-order valence-electron chi connectivity index (χ1n) is 6.05. The molecule has 0 saturated heterocycles. The van der Waals surface area contributed by atoms with Crippen LogP contribution in [-0.4, -0.2) is 23.1 Å². The van der Waals surface area contributed by atoms with E-state index in [0.29, 0.717) is 5.57 Å². The number of halogens is 1. The third kappa shape index (κ3) is 3.14. The number of hydrogen-bond acceptors (Lipinski definition) is 2. The summed E-state index contributed by atoms with van der Waals surface area (Å²) in [6.45, 7) is 9.79. The Morgan fingerprint density at radius 2 is 1.94 bits per heavy atom. The Balaban J connectivity index is 3.32. The molecule has 0 spiro atoms. The molecule has 2 nitrogen and oxygen atoms in total. The molecule has 0 fully saturated rings. The SMILES string of the molecule is C=C(/C(C(=O)C(C)Cl)=C1/C=CC=CN1C)C(C)C. The molecule has 0 aliphatic carbocycles. The average Bonchev–Trinajstić information content (AvgIpc) is 2.31. The Kier molecular flexibility index (Phi) is 4.97. The highest BCUT2D eigenvalue weighted by Crippen LogP contribution is 2.27. The van der Waals surface area contributed by atoms with Gasteiger partial charge in [-0.2, -0.15) is 0 Å². The first-order valence-corrected chi connectivity index (χ1v) is 6.49. The van der Waals surface area contributed by atoms with E-state index in [4.69, 9.17) is 11.6 Å². The minimum Gasteiger partial charge on any atom is -0.350 e. The van der Waals surface area contributed by atoms with Crippen molar-refractivity contribution >= 4 is 17.4 Å². The van der Waals surface area contributed by atoms with Gasteiger partial charge in [0.1, 0.15) is 0 Å². The van der Waals surface area contributed by atoms with E-state index in [0.717, 1.165) is 11.3 Å². The molecule has 0 bridgehead atoms. The van der Waals surface area contributed by atoms with Crippen molar-refractivity contribution in [1.29, 1.82) is 0 Å². The molecule has 1 aliphatic heterocycles. The van der Waals surface area contributed by atoms with Gasteiger partial charge in [0, 0.05) is 18.8 Å². The first kappa shape index (κ1) is 14.8. The number of Topliss-reactive ketones (excluding diaryl/α,β-unsaturated/α-hetero) is 1. The lowest BCUT2D eigenvalue weighted by atomic mass is 9.90. The fourth-order valence-electron chi connectivity index (χ4n) is 1.72. The zero-order valence-corrected chi connectivity index (χ0v) is 12.2. The molecular formula is C15H20ClNO. The summed E-state index contributed by atoms with van der Waals surface area (Å²) in [5, 5.41) is -0.546. The molecular weight excluding hydrogens is 246 g/mol. The molecule has 0 saturated carbocycles. The molecule has 1 heterocycles. The van der Waals surface area contributed by atoms with Crippen molar-refractivity contribution in [1.82, 2.24) is 4.90 Å². The monoisotopic (exact) mass is 265 g/mol. The minimum absolute atomic E-state index is 0.0721. The molecule has 1 atom stereocenters. The van der Waals surface area contributed by atoms with E-state index < -0.39 is 5.38 Å². The highest BCUT2D eigenvalue weighted by molar-refractivity contribution is 6.34. The van der Waals surface area contributed by atoms with Crippen LogP contribution in [0.4, 0.5) is 0 Å². The van der Waals surface area contributed by atoms with Crippen LogP contribution in [0.15, 0.2) is 47.9 Å². The molecule has 1 unspecified atom stereocenters. The number of alkyl halides is 1. The maximum absolute atomic E-state index is 12.3. The zero-order valence-electron chi connectivity index (χ0n) is 11.4. The summed E-state index contributed by atoms with van der Waals surface area (Å²) in [4.78, 5) is 14.2. The van der Waals surface area contributed by atoms with Crippen molar-refractivity contribution in [3.8, 4) is 0 Å². The second-order valence-electron chi connectivity index (χ2n) is 4.73. The van der Waals surface area contributed by atoms with Gasteiger partial charge in [-0.15, -0.1) is 11.6 Å². The maximum Gasteiger partial charge on any atom is 0.182 e. The number of likely N-dealkylation sites (N-methyl/N-ethyl adjacent to an activating group) is 1. The van der Waals surface area contributed by atoms with Crippen molar-refractivity contribution in [3.05, 3.63) is 47.9 Å². The zero-order chi connectivity index (χ0) is 13.9. The van der Waals surface area contributed by atoms with Gasteiger partial charge in [-0.25, -0.2) is 0 Å². The normalized spacial score (nSPS) is 19.1. The fourth-order valence-corrected chi connectivity index (χ4v) is 1.83. The predicted molar refractivity (Wildman–Crippen MR) is 77.4 cm³/mol. The van der Waals surface area contributed by atoms with E-state index in [2.05, 4.69) is 6.58 Å². The summed E-state index contributed by atoms with van der Waals surface area (Å²) < 4.78 is 0. The maximum atomic E-state index is 12.3. The smallest absolute Gasteiger partial charge is 0.182 e.